The summed E-state index contributed by atoms with van der Waals surface area (Å²) in [6, 6.07) is 0.318. The maximum atomic E-state index is 6.28. The molecule has 0 aromatic carbocycles. The first kappa shape index (κ1) is 12.3. The fourth-order valence-corrected chi connectivity index (χ4v) is 2.99. The Bertz CT molecular complexity index is 204. The molecule has 94 valence electrons. The van der Waals surface area contributed by atoms with Crippen molar-refractivity contribution in [3.63, 3.8) is 0 Å². The zero-order valence-electron chi connectivity index (χ0n) is 10.5. The van der Waals surface area contributed by atoms with E-state index in [1.165, 1.54) is 32.4 Å². The van der Waals surface area contributed by atoms with E-state index >= 15 is 0 Å². The second-order valence-electron chi connectivity index (χ2n) is 5.46. The Kier molecular flexibility index (Phi) is 4.62. The first-order valence-corrected chi connectivity index (χ1v) is 6.85. The summed E-state index contributed by atoms with van der Waals surface area (Å²) in [7, 11) is 0. The molecule has 0 radical (unpaired) electrons. The van der Waals surface area contributed by atoms with E-state index in [-0.39, 0.29) is 0 Å². The van der Waals surface area contributed by atoms with Gasteiger partial charge in [-0.2, -0.15) is 0 Å². The van der Waals surface area contributed by atoms with Crippen LogP contribution in [0.25, 0.3) is 0 Å². The fraction of sp³-hybridized carbons (Fsp3) is 1.00. The number of hydrogen-bond acceptors (Lipinski definition) is 3. The van der Waals surface area contributed by atoms with E-state index in [4.69, 9.17) is 10.5 Å². The summed E-state index contributed by atoms with van der Waals surface area (Å²) < 4.78 is 5.41. The molecule has 3 heteroatoms. The third kappa shape index (κ3) is 3.19. The van der Waals surface area contributed by atoms with Gasteiger partial charge in [0.05, 0.1) is 6.61 Å². The molecule has 2 rings (SSSR count). The van der Waals surface area contributed by atoms with Gasteiger partial charge in [0.15, 0.2) is 0 Å². The van der Waals surface area contributed by atoms with Gasteiger partial charge < -0.3 is 15.4 Å². The molecule has 0 spiro atoms. The predicted molar refractivity (Wildman–Crippen MR) is 66.4 cm³/mol. The van der Waals surface area contributed by atoms with E-state index < -0.39 is 0 Å². The third-order valence-electron chi connectivity index (χ3n) is 4.22. The Morgan fingerprint density at radius 1 is 1.44 bits per heavy atom. The number of rotatable bonds is 4. The van der Waals surface area contributed by atoms with Crippen LogP contribution in [-0.4, -0.2) is 43.8 Å². The molecule has 0 aromatic rings. The van der Waals surface area contributed by atoms with Crippen LogP contribution in [0, 0.1) is 11.8 Å². The molecular formula is C13H26N2O. The number of nitrogens with two attached hydrogens (primary N) is 1. The lowest BCUT2D eigenvalue weighted by atomic mass is 9.93. The summed E-state index contributed by atoms with van der Waals surface area (Å²) >= 11 is 0. The van der Waals surface area contributed by atoms with Crippen LogP contribution in [0.3, 0.4) is 0 Å². The molecular weight excluding hydrogens is 200 g/mol. The number of hydrogen-bond donors (Lipinski definition) is 1. The molecule has 3 unspecified atom stereocenters. The van der Waals surface area contributed by atoms with Gasteiger partial charge in [0, 0.05) is 31.7 Å². The molecule has 2 N–H and O–H groups in total. The molecule has 0 aromatic heterocycles. The Morgan fingerprint density at radius 2 is 2.31 bits per heavy atom. The first-order valence-electron chi connectivity index (χ1n) is 6.85. The van der Waals surface area contributed by atoms with Crippen molar-refractivity contribution in [1.82, 2.24) is 4.90 Å². The summed E-state index contributed by atoms with van der Waals surface area (Å²) in [6.07, 6.45) is 5.24. The molecule has 0 saturated carbocycles. The second kappa shape index (κ2) is 5.99. The van der Waals surface area contributed by atoms with E-state index in [1.54, 1.807) is 0 Å². The van der Waals surface area contributed by atoms with E-state index in [2.05, 4.69) is 11.8 Å². The van der Waals surface area contributed by atoms with Crippen molar-refractivity contribution in [2.75, 3.05) is 32.8 Å². The molecule has 2 heterocycles. The summed E-state index contributed by atoms with van der Waals surface area (Å²) in [5.74, 6) is 1.50. The quantitative estimate of drug-likeness (QED) is 0.789. The average molecular weight is 226 g/mol. The zero-order valence-corrected chi connectivity index (χ0v) is 10.5. The Balaban J connectivity index is 1.75. The van der Waals surface area contributed by atoms with Gasteiger partial charge in [0.2, 0.25) is 0 Å². The van der Waals surface area contributed by atoms with E-state index in [0.717, 1.165) is 32.1 Å². The van der Waals surface area contributed by atoms with Gasteiger partial charge in [-0.15, -0.1) is 0 Å². The molecule has 0 bridgehead atoms. The Hall–Kier alpha value is -0.120. The molecule has 2 aliphatic rings. The van der Waals surface area contributed by atoms with Gasteiger partial charge in [-0.3, -0.25) is 0 Å². The van der Waals surface area contributed by atoms with Crippen molar-refractivity contribution >= 4 is 0 Å². The molecule has 0 aliphatic carbocycles. The first-order chi connectivity index (χ1) is 7.79. The van der Waals surface area contributed by atoms with Crippen LogP contribution < -0.4 is 5.73 Å². The standard InChI is InChI=1S/C13H26N2O/c1-2-11-4-3-6-15(8-11)9-13(14)12-5-7-16-10-12/h11-13H,2-10,14H2,1H3. The van der Waals surface area contributed by atoms with Gasteiger partial charge in [0.1, 0.15) is 0 Å². The Morgan fingerprint density at radius 3 is 3.00 bits per heavy atom. The average Bonchev–Trinajstić information content (AvgIpc) is 2.83. The van der Waals surface area contributed by atoms with Crippen LogP contribution in [0.4, 0.5) is 0 Å². The lowest BCUT2D eigenvalue weighted by Gasteiger charge is -2.34. The van der Waals surface area contributed by atoms with Crippen LogP contribution in [0.5, 0.6) is 0 Å². The highest BCUT2D eigenvalue weighted by Gasteiger charge is 2.26. The second-order valence-corrected chi connectivity index (χ2v) is 5.46. The zero-order chi connectivity index (χ0) is 11.4. The predicted octanol–water partition coefficient (Wildman–Crippen LogP) is 1.47. The molecule has 2 aliphatic heterocycles. The van der Waals surface area contributed by atoms with Gasteiger partial charge in [0.25, 0.3) is 0 Å². The molecule has 3 nitrogen and oxygen atoms in total. The topological polar surface area (TPSA) is 38.5 Å². The smallest absolute Gasteiger partial charge is 0.0510 e. The lowest BCUT2D eigenvalue weighted by Crippen LogP contribution is -2.46. The van der Waals surface area contributed by atoms with Crippen molar-refractivity contribution in [2.45, 2.75) is 38.6 Å². The molecule has 3 atom stereocenters. The Labute approximate surface area is 99.3 Å². The van der Waals surface area contributed by atoms with Crippen LogP contribution in [0.1, 0.15) is 32.6 Å². The number of piperidine rings is 1. The summed E-state index contributed by atoms with van der Waals surface area (Å²) in [5, 5.41) is 0. The summed E-state index contributed by atoms with van der Waals surface area (Å²) in [5.41, 5.74) is 6.28. The number of likely N-dealkylation sites (tertiary alicyclic amines) is 1. The summed E-state index contributed by atoms with van der Waals surface area (Å²) in [6.45, 7) is 7.68. The molecule has 2 saturated heterocycles. The van der Waals surface area contributed by atoms with E-state index in [9.17, 15) is 0 Å². The van der Waals surface area contributed by atoms with Gasteiger partial charge >= 0.3 is 0 Å². The van der Waals surface area contributed by atoms with Crippen molar-refractivity contribution in [3.05, 3.63) is 0 Å². The van der Waals surface area contributed by atoms with Crippen molar-refractivity contribution in [2.24, 2.45) is 17.6 Å². The van der Waals surface area contributed by atoms with Crippen molar-refractivity contribution in [1.29, 1.82) is 0 Å². The molecule has 0 amide bonds. The van der Waals surface area contributed by atoms with Gasteiger partial charge in [-0.1, -0.05) is 13.3 Å². The third-order valence-corrected chi connectivity index (χ3v) is 4.22. The molecule has 16 heavy (non-hydrogen) atoms. The van der Waals surface area contributed by atoms with E-state index in [0.29, 0.717) is 12.0 Å². The minimum Gasteiger partial charge on any atom is -0.381 e. The van der Waals surface area contributed by atoms with Crippen molar-refractivity contribution in [3.8, 4) is 0 Å². The summed E-state index contributed by atoms with van der Waals surface area (Å²) in [4.78, 5) is 2.57. The highest BCUT2D eigenvalue weighted by Crippen LogP contribution is 2.21. The van der Waals surface area contributed by atoms with Crippen LogP contribution >= 0.6 is 0 Å². The SMILES string of the molecule is CCC1CCCN(CC(N)C2CCOC2)C1. The largest absolute Gasteiger partial charge is 0.381 e. The monoisotopic (exact) mass is 226 g/mol. The highest BCUT2D eigenvalue weighted by molar-refractivity contribution is 4.81. The minimum atomic E-state index is 0.318. The van der Waals surface area contributed by atoms with Gasteiger partial charge in [-0.05, 0) is 31.7 Å². The van der Waals surface area contributed by atoms with Crippen molar-refractivity contribution < 1.29 is 4.74 Å². The van der Waals surface area contributed by atoms with Crippen LogP contribution in [0.15, 0.2) is 0 Å². The normalized spacial score (nSPS) is 34.1. The number of nitrogens with zero attached hydrogens (tertiary/aromatic N) is 1. The maximum absolute atomic E-state index is 6.28. The van der Waals surface area contributed by atoms with Gasteiger partial charge in [-0.25, -0.2) is 0 Å². The fourth-order valence-electron chi connectivity index (χ4n) is 2.99. The maximum Gasteiger partial charge on any atom is 0.0510 e. The van der Waals surface area contributed by atoms with Crippen LogP contribution in [-0.2, 0) is 4.74 Å². The minimum absolute atomic E-state index is 0.318. The van der Waals surface area contributed by atoms with E-state index in [1.807, 2.05) is 0 Å². The molecule has 2 fully saturated rings. The lowest BCUT2D eigenvalue weighted by molar-refractivity contribution is 0.140. The van der Waals surface area contributed by atoms with Crippen LogP contribution in [0.2, 0.25) is 0 Å². The highest BCUT2D eigenvalue weighted by atomic mass is 16.5. The number of ether oxygens (including phenoxy) is 1.